The number of halogens is 1. The molecule has 122 valence electrons. The smallest absolute Gasteiger partial charge is 0.258 e. The second-order valence-corrected chi connectivity index (χ2v) is 6.12. The van der Waals surface area contributed by atoms with Crippen LogP contribution in [0.3, 0.4) is 0 Å². The Morgan fingerprint density at radius 3 is 2.39 bits per heavy atom. The molecule has 0 aromatic heterocycles. The number of carbonyl (C=O) groups excluding carboxylic acids is 1. The van der Waals surface area contributed by atoms with Gasteiger partial charge in [-0.25, -0.2) is 0 Å². The largest absolute Gasteiger partial charge is 0.484 e. The van der Waals surface area contributed by atoms with E-state index in [4.69, 9.17) is 16.3 Å². The summed E-state index contributed by atoms with van der Waals surface area (Å²) in [4.78, 5) is 13.4. The lowest BCUT2D eigenvalue weighted by Gasteiger charge is -2.21. The van der Waals surface area contributed by atoms with Crippen LogP contribution in [0.1, 0.15) is 11.6 Å². The van der Waals surface area contributed by atoms with E-state index >= 15 is 0 Å². The Hall–Kier alpha value is -2.04. The van der Waals surface area contributed by atoms with Gasteiger partial charge in [-0.1, -0.05) is 41.9 Å². The molecule has 2 aromatic carbocycles. The van der Waals surface area contributed by atoms with E-state index in [0.29, 0.717) is 10.8 Å². The molecule has 2 N–H and O–H groups in total. The molecule has 2 rings (SSSR count). The summed E-state index contributed by atoms with van der Waals surface area (Å²) in [5.41, 5.74) is 1.09. The van der Waals surface area contributed by atoms with Crippen molar-refractivity contribution in [2.24, 2.45) is 0 Å². The molecule has 0 bridgehead atoms. The summed E-state index contributed by atoms with van der Waals surface area (Å²) >= 11 is 5.82. The molecule has 0 unspecified atom stereocenters. The van der Waals surface area contributed by atoms with Crippen LogP contribution in [0.2, 0.25) is 5.02 Å². The number of benzene rings is 2. The Labute approximate surface area is 142 Å². The van der Waals surface area contributed by atoms with E-state index in [1.54, 1.807) is 24.3 Å². The summed E-state index contributed by atoms with van der Waals surface area (Å²) < 4.78 is 5.49. The van der Waals surface area contributed by atoms with E-state index in [-0.39, 0.29) is 18.6 Å². The summed E-state index contributed by atoms with van der Waals surface area (Å²) in [5, 5.41) is 3.67. The summed E-state index contributed by atoms with van der Waals surface area (Å²) in [6.45, 7) is 0.782. The average molecular weight is 334 g/mol. The quantitative estimate of drug-likeness (QED) is 0.810. The second-order valence-electron chi connectivity index (χ2n) is 5.68. The van der Waals surface area contributed by atoms with Crippen LogP contribution in [0, 0.1) is 0 Å². The normalized spacial score (nSPS) is 12.0. The molecule has 1 amide bonds. The van der Waals surface area contributed by atoms with Gasteiger partial charge >= 0.3 is 0 Å². The molecule has 23 heavy (non-hydrogen) atoms. The Morgan fingerprint density at radius 2 is 1.78 bits per heavy atom. The molecule has 0 heterocycles. The maximum absolute atomic E-state index is 12.2. The lowest BCUT2D eigenvalue weighted by molar-refractivity contribution is -0.860. The second kappa shape index (κ2) is 8.56. The van der Waals surface area contributed by atoms with Crippen LogP contribution in [0.15, 0.2) is 54.6 Å². The first-order chi connectivity index (χ1) is 11.0. The fourth-order valence-corrected chi connectivity index (χ4v) is 2.39. The molecule has 4 nitrogen and oxygen atoms in total. The number of ether oxygens (including phenoxy) is 1. The monoisotopic (exact) mass is 333 g/mol. The molecule has 0 radical (unpaired) electrons. The number of rotatable bonds is 7. The lowest BCUT2D eigenvalue weighted by atomic mass is 10.1. The summed E-state index contributed by atoms with van der Waals surface area (Å²) in [6.07, 6.45) is 0. The Bertz CT molecular complexity index is 615. The van der Waals surface area contributed by atoms with Crippen LogP contribution in [0.5, 0.6) is 5.75 Å². The molecule has 0 aliphatic carbocycles. The van der Waals surface area contributed by atoms with Crippen LogP contribution in [0.25, 0.3) is 0 Å². The topological polar surface area (TPSA) is 42.8 Å². The summed E-state index contributed by atoms with van der Waals surface area (Å²) in [6, 6.07) is 16.9. The minimum atomic E-state index is -0.143. The number of nitrogens with one attached hydrogen (secondary N) is 2. The molecule has 0 aliphatic heterocycles. The van der Waals surface area contributed by atoms with Crippen LogP contribution in [-0.4, -0.2) is 33.2 Å². The lowest BCUT2D eigenvalue weighted by Crippen LogP contribution is -3.06. The molecular weight excluding hydrogens is 312 g/mol. The Balaban J connectivity index is 1.93. The zero-order valence-electron chi connectivity index (χ0n) is 13.4. The van der Waals surface area contributed by atoms with Crippen molar-refractivity contribution in [1.82, 2.24) is 5.32 Å². The van der Waals surface area contributed by atoms with Gasteiger partial charge in [-0.3, -0.25) is 4.79 Å². The van der Waals surface area contributed by atoms with Gasteiger partial charge in [0.25, 0.3) is 5.91 Å². The van der Waals surface area contributed by atoms with E-state index in [9.17, 15) is 4.79 Å². The standard InChI is InChI=1S/C18H21ClN2O2/c1-21(2)12-17(14-6-4-3-5-7-14)20-18(22)13-23-16-10-8-15(19)9-11-16/h3-11,17H,12-13H2,1-2H3,(H,20,22)/p+1/t17-/m0/s1. The highest BCUT2D eigenvalue weighted by molar-refractivity contribution is 6.30. The Morgan fingerprint density at radius 1 is 1.13 bits per heavy atom. The maximum Gasteiger partial charge on any atom is 0.258 e. The molecule has 0 saturated heterocycles. The van der Waals surface area contributed by atoms with Crippen LogP contribution < -0.4 is 15.0 Å². The van der Waals surface area contributed by atoms with Gasteiger partial charge in [0.1, 0.15) is 18.3 Å². The Kier molecular flexibility index (Phi) is 6.44. The van der Waals surface area contributed by atoms with E-state index in [1.165, 1.54) is 4.90 Å². The number of hydrogen-bond acceptors (Lipinski definition) is 2. The number of amides is 1. The van der Waals surface area contributed by atoms with E-state index in [2.05, 4.69) is 19.4 Å². The molecule has 0 aliphatic rings. The molecule has 0 spiro atoms. The summed E-state index contributed by atoms with van der Waals surface area (Å²) in [5.74, 6) is 0.481. The first-order valence-corrected chi connectivity index (χ1v) is 7.94. The van der Waals surface area contributed by atoms with Crippen molar-refractivity contribution < 1.29 is 14.4 Å². The van der Waals surface area contributed by atoms with Gasteiger partial charge in [0, 0.05) is 5.02 Å². The number of hydrogen-bond donors (Lipinski definition) is 2. The van der Waals surface area contributed by atoms with Crippen LogP contribution in [0.4, 0.5) is 0 Å². The highest BCUT2D eigenvalue weighted by Gasteiger charge is 2.17. The van der Waals surface area contributed by atoms with Crippen LogP contribution >= 0.6 is 11.6 Å². The molecular formula is C18H22ClN2O2+. The predicted molar refractivity (Wildman–Crippen MR) is 92.0 cm³/mol. The van der Waals surface area contributed by atoms with E-state index < -0.39 is 0 Å². The zero-order chi connectivity index (χ0) is 16.7. The first kappa shape index (κ1) is 17.3. The van der Waals surface area contributed by atoms with E-state index in [0.717, 1.165) is 12.1 Å². The third-order valence-electron chi connectivity index (χ3n) is 3.33. The van der Waals surface area contributed by atoms with Crippen molar-refractivity contribution in [3.8, 4) is 5.75 Å². The minimum Gasteiger partial charge on any atom is -0.484 e. The number of carbonyl (C=O) groups is 1. The van der Waals surface area contributed by atoms with Crippen molar-refractivity contribution in [2.45, 2.75) is 6.04 Å². The third kappa shape index (κ3) is 5.93. The fourth-order valence-electron chi connectivity index (χ4n) is 2.26. The number of likely N-dealkylation sites (N-methyl/N-ethyl adjacent to an activating group) is 1. The zero-order valence-corrected chi connectivity index (χ0v) is 14.1. The van der Waals surface area contributed by atoms with Crippen LogP contribution in [-0.2, 0) is 4.79 Å². The van der Waals surface area contributed by atoms with Crippen molar-refractivity contribution in [2.75, 3.05) is 27.2 Å². The molecule has 0 saturated carbocycles. The van der Waals surface area contributed by atoms with Crippen molar-refractivity contribution in [3.05, 3.63) is 65.2 Å². The van der Waals surface area contributed by atoms with Gasteiger partial charge in [-0.05, 0) is 29.8 Å². The fraction of sp³-hybridized carbons (Fsp3) is 0.278. The maximum atomic E-state index is 12.2. The number of quaternary nitrogens is 1. The van der Waals surface area contributed by atoms with Gasteiger partial charge in [0.05, 0.1) is 14.1 Å². The van der Waals surface area contributed by atoms with Gasteiger partial charge < -0.3 is 15.0 Å². The average Bonchev–Trinajstić information content (AvgIpc) is 2.54. The van der Waals surface area contributed by atoms with Gasteiger partial charge in [0.2, 0.25) is 0 Å². The van der Waals surface area contributed by atoms with Gasteiger partial charge in [-0.15, -0.1) is 0 Å². The highest BCUT2D eigenvalue weighted by atomic mass is 35.5. The molecule has 1 atom stereocenters. The molecule has 2 aromatic rings. The van der Waals surface area contributed by atoms with Crippen molar-refractivity contribution >= 4 is 17.5 Å². The van der Waals surface area contributed by atoms with Crippen molar-refractivity contribution in [1.29, 1.82) is 0 Å². The van der Waals surface area contributed by atoms with E-state index in [1.807, 2.05) is 30.3 Å². The highest BCUT2D eigenvalue weighted by Crippen LogP contribution is 2.15. The summed E-state index contributed by atoms with van der Waals surface area (Å²) in [7, 11) is 4.12. The predicted octanol–water partition coefficient (Wildman–Crippen LogP) is 1.72. The first-order valence-electron chi connectivity index (χ1n) is 7.56. The SMILES string of the molecule is C[NH+](C)C[C@H](NC(=O)COc1ccc(Cl)cc1)c1ccccc1. The minimum absolute atomic E-state index is 0.0201. The molecule has 5 heteroatoms. The van der Waals surface area contributed by atoms with Crippen molar-refractivity contribution in [3.63, 3.8) is 0 Å². The third-order valence-corrected chi connectivity index (χ3v) is 3.59. The molecule has 0 fully saturated rings. The van der Waals surface area contributed by atoms with Gasteiger partial charge in [0.15, 0.2) is 6.61 Å². The van der Waals surface area contributed by atoms with Gasteiger partial charge in [-0.2, -0.15) is 0 Å².